The van der Waals surface area contributed by atoms with Crippen LogP contribution in [0, 0.1) is 0 Å². The van der Waals surface area contributed by atoms with Crippen molar-refractivity contribution in [3.05, 3.63) is 164 Å². The molecule has 0 saturated carbocycles. The summed E-state index contributed by atoms with van der Waals surface area (Å²) >= 11 is 1.89. The van der Waals surface area contributed by atoms with E-state index >= 15 is 0 Å². The molecule has 0 N–H and O–H groups in total. The highest BCUT2D eigenvalue weighted by Gasteiger charge is 2.24. The van der Waals surface area contributed by atoms with E-state index in [1.54, 1.807) is 0 Å². The molecule has 0 atom stereocenters. The number of benzene rings is 8. The van der Waals surface area contributed by atoms with E-state index in [0.29, 0.717) is 5.95 Å². The quantitative estimate of drug-likeness (QED) is 0.178. The molecule has 0 bridgehead atoms. The van der Waals surface area contributed by atoms with Crippen LogP contribution in [-0.2, 0) is 0 Å². The monoisotopic (exact) mass is 653 g/mol. The van der Waals surface area contributed by atoms with Gasteiger partial charge in [0.2, 0.25) is 5.95 Å². The Morgan fingerprint density at radius 2 is 1.14 bits per heavy atom. The zero-order valence-electron chi connectivity index (χ0n) is 26.8. The number of thiophene rings is 1. The number of nitrogens with zero attached hydrogens (tertiary/aromatic N) is 3. The third-order valence-electron chi connectivity index (χ3n) is 10.2. The number of aromatic nitrogens is 3. The first kappa shape index (κ1) is 27.6. The van der Waals surface area contributed by atoms with Gasteiger partial charge in [0, 0.05) is 52.7 Å². The van der Waals surface area contributed by atoms with Crippen LogP contribution in [0.3, 0.4) is 0 Å². The molecule has 0 fully saturated rings. The minimum atomic E-state index is 0.671. The lowest BCUT2D eigenvalue weighted by Crippen LogP contribution is -2.04. The highest BCUT2D eigenvalue weighted by molar-refractivity contribution is 7.27. The van der Waals surface area contributed by atoms with Gasteiger partial charge >= 0.3 is 0 Å². The minimum Gasteiger partial charge on any atom is -0.277 e. The largest absolute Gasteiger partial charge is 0.277 e. The molecule has 50 heavy (non-hydrogen) atoms. The molecule has 232 valence electrons. The molecule has 0 aliphatic rings. The fraction of sp³-hybridized carbons (Fsp3) is 0. The molecule has 0 radical (unpaired) electrons. The number of rotatable bonds is 3. The van der Waals surface area contributed by atoms with Gasteiger partial charge in [-0.1, -0.05) is 140 Å². The second-order valence-corrected chi connectivity index (χ2v) is 14.0. The van der Waals surface area contributed by atoms with Crippen molar-refractivity contribution >= 4 is 85.8 Å². The van der Waals surface area contributed by atoms with E-state index < -0.39 is 0 Å². The highest BCUT2D eigenvalue weighted by Crippen LogP contribution is 2.49. The summed E-state index contributed by atoms with van der Waals surface area (Å²) in [4.78, 5) is 10.9. The van der Waals surface area contributed by atoms with Gasteiger partial charge in [0.1, 0.15) is 0 Å². The summed E-state index contributed by atoms with van der Waals surface area (Å²) in [5.74, 6) is 0.671. The van der Waals surface area contributed by atoms with Crippen LogP contribution in [0.1, 0.15) is 0 Å². The number of hydrogen-bond acceptors (Lipinski definition) is 3. The lowest BCUT2D eigenvalue weighted by molar-refractivity contribution is 1.02. The zero-order valence-corrected chi connectivity index (χ0v) is 27.7. The van der Waals surface area contributed by atoms with Crippen LogP contribution in [0.4, 0.5) is 0 Å². The molecule has 3 aromatic heterocycles. The lowest BCUT2D eigenvalue weighted by atomic mass is 9.95. The van der Waals surface area contributed by atoms with E-state index in [-0.39, 0.29) is 0 Å². The van der Waals surface area contributed by atoms with Crippen LogP contribution in [-0.4, -0.2) is 14.5 Å². The van der Waals surface area contributed by atoms with Crippen molar-refractivity contribution < 1.29 is 0 Å². The molecule has 3 nitrogen and oxygen atoms in total. The average molecular weight is 654 g/mol. The van der Waals surface area contributed by atoms with Gasteiger partial charge in [0.05, 0.1) is 22.2 Å². The Labute approximate surface area is 291 Å². The van der Waals surface area contributed by atoms with Gasteiger partial charge in [-0.25, -0.2) is 9.97 Å². The molecule has 3 heterocycles. The summed E-state index contributed by atoms with van der Waals surface area (Å²) in [5.41, 5.74) is 7.46. The number of para-hydroxylation sites is 1. The summed E-state index contributed by atoms with van der Waals surface area (Å²) < 4.78 is 4.92. The van der Waals surface area contributed by atoms with Crippen LogP contribution in [0.5, 0.6) is 0 Å². The van der Waals surface area contributed by atoms with Crippen molar-refractivity contribution in [3.63, 3.8) is 0 Å². The van der Waals surface area contributed by atoms with Gasteiger partial charge in [-0.15, -0.1) is 11.3 Å². The first-order chi connectivity index (χ1) is 24.8. The average Bonchev–Trinajstić information content (AvgIpc) is 3.74. The van der Waals surface area contributed by atoms with Crippen LogP contribution < -0.4 is 0 Å². The summed E-state index contributed by atoms with van der Waals surface area (Å²) in [7, 11) is 0. The summed E-state index contributed by atoms with van der Waals surface area (Å²) in [5, 5.41) is 11.1. The molecule has 11 rings (SSSR count). The Morgan fingerprint density at radius 3 is 1.98 bits per heavy atom. The van der Waals surface area contributed by atoms with E-state index in [1.807, 2.05) is 11.3 Å². The van der Waals surface area contributed by atoms with Crippen molar-refractivity contribution in [2.75, 3.05) is 0 Å². The van der Waals surface area contributed by atoms with E-state index in [0.717, 1.165) is 38.8 Å². The van der Waals surface area contributed by atoms with Crippen LogP contribution in [0.15, 0.2) is 164 Å². The van der Waals surface area contributed by atoms with Gasteiger partial charge in [0.15, 0.2) is 0 Å². The van der Waals surface area contributed by atoms with Gasteiger partial charge in [0.25, 0.3) is 0 Å². The highest BCUT2D eigenvalue weighted by atomic mass is 32.1. The SMILES string of the molecule is c1ccc(-c2ccc3nc(-n4c5ccccc5c5c6sc7ccccc7c6c6c7ccccc7ccc6c54)nc(-c4ccccc4)c3c2)cc1. The van der Waals surface area contributed by atoms with Crippen molar-refractivity contribution in [3.8, 4) is 28.3 Å². The Morgan fingerprint density at radius 1 is 0.440 bits per heavy atom. The molecule has 11 aromatic rings. The summed E-state index contributed by atoms with van der Waals surface area (Å²) in [6.45, 7) is 0. The van der Waals surface area contributed by atoms with Crippen LogP contribution >= 0.6 is 11.3 Å². The van der Waals surface area contributed by atoms with Gasteiger partial charge in [-0.2, -0.15) is 0 Å². The first-order valence-corrected chi connectivity index (χ1v) is 17.7. The predicted molar refractivity (Wildman–Crippen MR) is 213 cm³/mol. The fourth-order valence-corrected chi connectivity index (χ4v) is 9.25. The molecule has 0 aliphatic heterocycles. The molecule has 0 aliphatic carbocycles. The van der Waals surface area contributed by atoms with Gasteiger partial charge in [-0.3, -0.25) is 4.57 Å². The second-order valence-electron chi connectivity index (χ2n) is 12.9. The third kappa shape index (κ3) is 3.91. The van der Waals surface area contributed by atoms with Crippen LogP contribution in [0.25, 0.3) is 103 Å². The molecule has 0 unspecified atom stereocenters. The Hall–Kier alpha value is -6.36. The van der Waals surface area contributed by atoms with Crippen molar-refractivity contribution in [2.24, 2.45) is 0 Å². The van der Waals surface area contributed by atoms with Gasteiger partial charge in [-0.05, 0) is 46.2 Å². The minimum absolute atomic E-state index is 0.671. The molecule has 0 saturated heterocycles. The maximum Gasteiger partial charge on any atom is 0.235 e. The van der Waals surface area contributed by atoms with Crippen LogP contribution in [0.2, 0.25) is 0 Å². The third-order valence-corrected chi connectivity index (χ3v) is 11.4. The zero-order chi connectivity index (χ0) is 32.8. The van der Waals surface area contributed by atoms with E-state index in [2.05, 4.69) is 168 Å². The van der Waals surface area contributed by atoms with Gasteiger partial charge < -0.3 is 0 Å². The number of fused-ring (bicyclic) bond motifs is 13. The predicted octanol–water partition coefficient (Wildman–Crippen LogP) is 12.7. The fourth-order valence-electron chi connectivity index (χ4n) is 7.98. The van der Waals surface area contributed by atoms with E-state index in [9.17, 15) is 0 Å². The number of hydrogen-bond donors (Lipinski definition) is 0. The van der Waals surface area contributed by atoms with Crippen molar-refractivity contribution in [2.45, 2.75) is 0 Å². The first-order valence-electron chi connectivity index (χ1n) is 16.9. The smallest absolute Gasteiger partial charge is 0.235 e. The molecule has 8 aromatic carbocycles. The molecular weight excluding hydrogens is 627 g/mol. The summed E-state index contributed by atoms with van der Waals surface area (Å²) in [6, 6.07) is 58.6. The molecule has 0 amide bonds. The molecule has 0 spiro atoms. The maximum absolute atomic E-state index is 5.50. The normalized spacial score (nSPS) is 12.0. The molecule has 4 heteroatoms. The van der Waals surface area contributed by atoms with Crippen molar-refractivity contribution in [1.82, 2.24) is 14.5 Å². The van der Waals surface area contributed by atoms with E-state index in [1.165, 1.54) is 58.1 Å². The lowest BCUT2D eigenvalue weighted by Gasteiger charge is -2.14. The maximum atomic E-state index is 5.50. The standard InChI is InChI=1S/C46H27N3S/c1-3-13-28(14-4-1)31-24-26-37-36(27-31)43(30-16-5-2-6-17-30)48-46(47-37)49-38-21-11-9-19-33(38)42-44(49)35-25-23-29-15-7-8-18-32(29)40(35)41-34-20-10-12-22-39(34)50-45(41)42/h1-27H. The van der Waals surface area contributed by atoms with E-state index in [4.69, 9.17) is 9.97 Å². The Kier molecular flexibility index (Phi) is 5.83. The topological polar surface area (TPSA) is 30.7 Å². The molecular formula is C46H27N3S. The summed E-state index contributed by atoms with van der Waals surface area (Å²) in [6.07, 6.45) is 0. The Bertz CT molecular complexity index is 3140. The Balaban J connectivity index is 1.33. The second kappa shape index (κ2) is 10.6. The van der Waals surface area contributed by atoms with Crippen molar-refractivity contribution in [1.29, 1.82) is 0 Å².